The molecule has 6 nitrogen and oxygen atoms in total. The largest absolute Gasteiger partial charge is 0.497 e. The van der Waals surface area contributed by atoms with Crippen molar-refractivity contribution in [3.63, 3.8) is 0 Å². The minimum absolute atomic E-state index is 0.0246. The molecular weight excluding hydrogens is 376 g/mol. The average Bonchev–Trinajstić information content (AvgIpc) is 2.76. The molecule has 0 aliphatic carbocycles. The van der Waals surface area contributed by atoms with E-state index in [1.807, 2.05) is 36.4 Å². The molecule has 0 heterocycles. The second-order valence-corrected chi connectivity index (χ2v) is 7.29. The van der Waals surface area contributed by atoms with Gasteiger partial charge in [0.15, 0.2) is 5.96 Å². The van der Waals surface area contributed by atoms with Crippen LogP contribution in [0.5, 0.6) is 5.75 Å². The van der Waals surface area contributed by atoms with Crippen LogP contribution in [0.4, 0.5) is 0 Å². The van der Waals surface area contributed by atoms with Gasteiger partial charge in [0, 0.05) is 39.3 Å². The van der Waals surface area contributed by atoms with E-state index in [1.54, 1.807) is 26.1 Å². The highest BCUT2D eigenvalue weighted by Crippen LogP contribution is 2.12. The topological polar surface area (TPSA) is 66.0 Å². The first-order valence-electron chi connectivity index (χ1n) is 10.5. The van der Waals surface area contributed by atoms with Gasteiger partial charge in [-0.3, -0.25) is 9.79 Å². The number of nitrogens with zero attached hydrogens (tertiary/aromatic N) is 2. The van der Waals surface area contributed by atoms with Crippen LogP contribution in [0, 0.1) is 0 Å². The van der Waals surface area contributed by atoms with Crippen molar-refractivity contribution in [3.05, 3.63) is 65.2 Å². The summed E-state index contributed by atoms with van der Waals surface area (Å²) in [6, 6.07) is 16.0. The number of carbonyl (C=O) groups is 1. The zero-order valence-corrected chi connectivity index (χ0v) is 18.6. The molecule has 6 heteroatoms. The Morgan fingerprint density at radius 2 is 1.80 bits per heavy atom. The van der Waals surface area contributed by atoms with E-state index in [9.17, 15) is 4.79 Å². The molecule has 0 saturated heterocycles. The Kier molecular flexibility index (Phi) is 9.71. The van der Waals surface area contributed by atoms with Crippen molar-refractivity contribution in [2.24, 2.45) is 4.99 Å². The van der Waals surface area contributed by atoms with Crippen LogP contribution in [-0.4, -0.2) is 57.6 Å². The smallest absolute Gasteiger partial charge is 0.253 e. The molecule has 0 aromatic heterocycles. The number of ether oxygens (including phenoxy) is 1. The number of benzene rings is 2. The van der Waals surface area contributed by atoms with E-state index in [2.05, 4.69) is 34.7 Å². The summed E-state index contributed by atoms with van der Waals surface area (Å²) in [5.74, 6) is 1.73. The second-order valence-electron chi connectivity index (χ2n) is 7.29. The van der Waals surface area contributed by atoms with Gasteiger partial charge in [-0.2, -0.15) is 0 Å². The fourth-order valence-corrected chi connectivity index (χ4v) is 3.05. The fourth-order valence-electron chi connectivity index (χ4n) is 3.05. The molecule has 2 rings (SSSR count). The highest BCUT2D eigenvalue weighted by atomic mass is 16.5. The lowest BCUT2D eigenvalue weighted by Gasteiger charge is -2.13. The maximum atomic E-state index is 12.1. The van der Waals surface area contributed by atoms with E-state index in [0.29, 0.717) is 0 Å². The summed E-state index contributed by atoms with van der Waals surface area (Å²) in [5.41, 5.74) is 3.14. The van der Waals surface area contributed by atoms with Crippen molar-refractivity contribution in [3.8, 4) is 5.75 Å². The van der Waals surface area contributed by atoms with Gasteiger partial charge in [-0.1, -0.05) is 24.3 Å². The third kappa shape index (κ3) is 7.78. The van der Waals surface area contributed by atoms with E-state index < -0.39 is 0 Å². The molecule has 2 aromatic carbocycles. The number of hydrogen-bond acceptors (Lipinski definition) is 3. The predicted molar refractivity (Wildman–Crippen MR) is 123 cm³/mol. The minimum atomic E-state index is 0.0246. The molecule has 0 unspecified atom stereocenters. The molecule has 0 fully saturated rings. The first-order chi connectivity index (χ1) is 14.5. The maximum absolute atomic E-state index is 12.1. The second kappa shape index (κ2) is 12.5. The zero-order valence-electron chi connectivity index (χ0n) is 18.6. The van der Waals surface area contributed by atoms with Crippen LogP contribution in [0.3, 0.4) is 0 Å². The average molecular weight is 411 g/mol. The van der Waals surface area contributed by atoms with Gasteiger partial charge >= 0.3 is 0 Å². The monoisotopic (exact) mass is 410 g/mol. The lowest BCUT2D eigenvalue weighted by atomic mass is 10.1. The number of aliphatic imine (C=N–C) groups is 1. The van der Waals surface area contributed by atoms with Crippen molar-refractivity contribution in [1.82, 2.24) is 15.5 Å². The molecule has 0 radical (unpaired) electrons. The fraction of sp³-hybridized carbons (Fsp3) is 0.417. The summed E-state index contributed by atoms with van der Waals surface area (Å²) >= 11 is 0. The maximum Gasteiger partial charge on any atom is 0.253 e. The van der Waals surface area contributed by atoms with Crippen LogP contribution < -0.4 is 15.4 Å². The molecule has 0 spiro atoms. The first kappa shape index (κ1) is 23.3. The molecule has 0 atom stereocenters. The number of amides is 1. The standard InChI is InChI=1S/C24H34N4O2/c1-5-25-24(26-16-7-9-19-11-13-22(30-4)14-12-19)27-17-15-20-8-6-10-21(18-20)23(29)28(2)3/h6,8,10-14,18H,5,7,9,15-17H2,1-4H3,(H2,25,26,27). The lowest BCUT2D eigenvalue weighted by Crippen LogP contribution is -2.38. The third-order valence-electron chi connectivity index (χ3n) is 4.68. The van der Waals surface area contributed by atoms with Crippen molar-refractivity contribution in [2.75, 3.05) is 40.8 Å². The summed E-state index contributed by atoms with van der Waals surface area (Å²) < 4.78 is 5.19. The number of rotatable bonds is 10. The predicted octanol–water partition coefficient (Wildman–Crippen LogP) is 3.13. The summed E-state index contributed by atoms with van der Waals surface area (Å²) in [4.78, 5) is 18.4. The minimum Gasteiger partial charge on any atom is -0.497 e. The molecule has 0 aliphatic heterocycles. The van der Waals surface area contributed by atoms with Crippen LogP contribution in [0.25, 0.3) is 0 Å². The summed E-state index contributed by atoms with van der Waals surface area (Å²) in [6.45, 7) is 4.39. The Morgan fingerprint density at radius 3 is 2.47 bits per heavy atom. The van der Waals surface area contributed by atoms with E-state index in [1.165, 1.54) is 5.56 Å². The van der Waals surface area contributed by atoms with Crippen LogP contribution in [0.1, 0.15) is 34.8 Å². The number of nitrogens with one attached hydrogen (secondary N) is 2. The molecule has 0 bridgehead atoms. The lowest BCUT2D eigenvalue weighted by molar-refractivity contribution is 0.0827. The summed E-state index contributed by atoms with van der Waals surface area (Å²) in [6.07, 6.45) is 2.79. The first-order valence-corrected chi connectivity index (χ1v) is 10.5. The highest BCUT2D eigenvalue weighted by Gasteiger charge is 2.08. The number of aryl methyl sites for hydroxylation is 1. The number of carbonyl (C=O) groups excluding carboxylic acids is 1. The third-order valence-corrected chi connectivity index (χ3v) is 4.68. The Hall–Kier alpha value is -3.02. The van der Waals surface area contributed by atoms with Crippen molar-refractivity contribution in [2.45, 2.75) is 26.2 Å². The summed E-state index contributed by atoms with van der Waals surface area (Å²) in [5, 5.41) is 6.67. The van der Waals surface area contributed by atoms with E-state index >= 15 is 0 Å². The normalized spacial score (nSPS) is 11.1. The van der Waals surface area contributed by atoms with Gasteiger partial charge in [-0.05, 0) is 61.6 Å². The van der Waals surface area contributed by atoms with Crippen LogP contribution in [0.2, 0.25) is 0 Å². The molecule has 2 N–H and O–H groups in total. The molecule has 1 amide bonds. The van der Waals surface area contributed by atoms with E-state index in [4.69, 9.17) is 4.74 Å². The summed E-state index contributed by atoms with van der Waals surface area (Å²) in [7, 11) is 5.22. The molecule has 2 aromatic rings. The highest BCUT2D eigenvalue weighted by molar-refractivity contribution is 5.94. The van der Waals surface area contributed by atoms with Gasteiger partial charge in [0.2, 0.25) is 0 Å². The van der Waals surface area contributed by atoms with Crippen molar-refractivity contribution in [1.29, 1.82) is 0 Å². The van der Waals surface area contributed by atoms with Gasteiger partial charge in [0.1, 0.15) is 5.75 Å². The van der Waals surface area contributed by atoms with Gasteiger partial charge in [-0.25, -0.2) is 0 Å². The molecule has 0 aliphatic rings. The Bertz CT molecular complexity index is 816. The van der Waals surface area contributed by atoms with E-state index in [-0.39, 0.29) is 5.91 Å². The quantitative estimate of drug-likeness (QED) is 0.359. The Labute approximate surface area is 180 Å². The molecule has 30 heavy (non-hydrogen) atoms. The van der Waals surface area contributed by atoms with Crippen LogP contribution in [-0.2, 0) is 12.8 Å². The van der Waals surface area contributed by atoms with Crippen LogP contribution in [0.15, 0.2) is 53.5 Å². The number of methoxy groups -OCH3 is 1. The van der Waals surface area contributed by atoms with Crippen LogP contribution >= 0.6 is 0 Å². The molecule has 0 saturated carbocycles. The zero-order chi connectivity index (χ0) is 21.8. The van der Waals surface area contributed by atoms with Gasteiger partial charge < -0.3 is 20.3 Å². The van der Waals surface area contributed by atoms with Gasteiger partial charge in [0.05, 0.1) is 7.11 Å². The Morgan fingerprint density at radius 1 is 1.03 bits per heavy atom. The Balaban J connectivity index is 1.80. The van der Waals surface area contributed by atoms with Gasteiger partial charge in [0.25, 0.3) is 5.91 Å². The molecular formula is C24H34N4O2. The van der Waals surface area contributed by atoms with Crippen molar-refractivity contribution >= 4 is 11.9 Å². The SMILES string of the molecule is CCNC(=NCCCc1ccc(OC)cc1)NCCc1cccc(C(=O)N(C)C)c1. The number of guanidine groups is 1. The van der Waals surface area contributed by atoms with Gasteiger partial charge in [-0.15, -0.1) is 0 Å². The molecule has 162 valence electrons. The van der Waals surface area contributed by atoms with Crippen molar-refractivity contribution < 1.29 is 9.53 Å². The van der Waals surface area contributed by atoms with E-state index in [0.717, 1.165) is 61.7 Å². The number of hydrogen-bond donors (Lipinski definition) is 2.